The predicted octanol–water partition coefficient (Wildman–Crippen LogP) is 3.32. The average molecular weight is 402 g/mol. The normalized spacial score (nSPS) is 18.9. The van der Waals surface area contributed by atoms with E-state index in [-0.39, 0.29) is 28.6 Å². The highest BCUT2D eigenvalue weighted by molar-refractivity contribution is 7.89. The molecule has 2 aromatic rings. The van der Waals surface area contributed by atoms with Gasteiger partial charge < -0.3 is 4.74 Å². The Kier molecular flexibility index (Phi) is 5.48. The number of aryl methyl sites for hydroxylation is 1. The molecule has 2 heterocycles. The van der Waals surface area contributed by atoms with Crippen LogP contribution >= 0.6 is 23.2 Å². The predicted molar refractivity (Wildman–Crippen MR) is 95.6 cm³/mol. The quantitative estimate of drug-likeness (QED) is 0.785. The average Bonchev–Trinajstić information content (AvgIpc) is 2.59. The van der Waals surface area contributed by atoms with Gasteiger partial charge in [0.1, 0.15) is 11.0 Å². The van der Waals surface area contributed by atoms with E-state index < -0.39 is 10.0 Å². The SMILES string of the molecule is Cc1cc(S(=O)(=O)N2CCCC(Oc3ncccn3)C2)c(Cl)cc1Cl. The second kappa shape index (κ2) is 7.45. The lowest BCUT2D eigenvalue weighted by atomic mass is 10.1. The summed E-state index contributed by atoms with van der Waals surface area (Å²) in [5.41, 5.74) is 0.659. The minimum atomic E-state index is -3.74. The zero-order chi connectivity index (χ0) is 18.0. The molecule has 1 fully saturated rings. The van der Waals surface area contributed by atoms with Crippen LogP contribution in [0.25, 0.3) is 0 Å². The molecule has 1 saturated heterocycles. The molecule has 1 aliphatic heterocycles. The van der Waals surface area contributed by atoms with E-state index in [0.29, 0.717) is 23.6 Å². The highest BCUT2D eigenvalue weighted by Gasteiger charge is 2.33. The maximum atomic E-state index is 13.0. The summed E-state index contributed by atoms with van der Waals surface area (Å²) in [6, 6.07) is 4.90. The Labute approximate surface area is 156 Å². The van der Waals surface area contributed by atoms with Gasteiger partial charge in [0.25, 0.3) is 0 Å². The number of benzene rings is 1. The Morgan fingerprint density at radius 1 is 1.20 bits per heavy atom. The van der Waals surface area contributed by atoms with Crippen LogP contribution in [0.15, 0.2) is 35.5 Å². The van der Waals surface area contributed by atoms with Crippen LogP contribution in [-0.2, 0) is 10.0 Å². The van der Waals surface area contributed by atoms with Crippen molar-refractivity contribution in [3.05, 3.63) is 46.2 Å². The second-order valence-electron chi connectivity index (χ2n) is 5.81. The van der Waals surface area contributed by atoms with Crippen LogP contribution in [-0.4, -0.2) is 41.9 Å². The van der Waals surface area contributed by atoms with Gasteiger partial charge in [0.2, 0.25) is 10.0 Å². The summed E-state index contributed by atoms with van der Waals surface area (Å²) in [5.74, 6) is 0. The van der Waals surface area contributed by atoms with Gasteiger partial charge in [0.15, 0.2) is 0 Å². The summed E-state index contributed by atoms with van der Waals surface area (Å²) in [7, 11) is -3.74. The van der Waals surface area contributed by atoms with Crippen LogP contribution in [0.2, 0.25) is 10.0 Å². The smallest absolute Gasteiger partial charge is 0.316 e. The van der Waals surface area contributed by atoms with Gasteiger partial charge in [-0.15, -0.1) is 0 Å². The monoisotopic (exact) mass is 401 g/mol. The molecule has 0 N–H and O–H groups in total. The number of nitrogens with zero attached hydrogens (tertiary/aromatic N) is 3. The third kappa shape index (κ3) is 4.06. The van der Waals surface area contributed by atoms with Crippen molar-refractivity contribution >= 4 is 33.2 Å². The van der Waals surface area contributed by atoms with E-state index in [4.69, 9.17) is 27.9 Å². The Balaban J connectivity index is 1.81. The fourth-order valence-electron chi connectivity index (χ4n) is 2.68. The number of hydrogen-bond donors (Lipinski definition) is 0. The van der Waals surface area contributed by atoms with Crippen LogP contribution in [0.1, 0.15) is 18.4 Å². The molecule has 1 unspecified atom stereocenters. The van der Waals surface area contributed by atoms with Crippen molar-refractivity contribution in [2.75, 3.05) is 13.1 Å². The van der Waals surface area contributed by atoms with Gasteiger partial charge in [-0.05, 0) is 43.5 Å². The van der Waals surface area contributed by atoms with Crippen molar-refractivity contribution in [3.63, 3.8) is 0 Å². The van der Waals surface area contributed by atoms with Gasteiger partial charge in [-0.1, -0.05) is 23.2 Å². The molecule has 1 aromatic heterocycles. The molecule has 0 bridgehead atoms. The van der Waals surface area contributed by atoms with E-state index >= 15 is 0 Å². The molecule has 0 saturated carbocycles. The molecule has 0 radical (unpaired) electrons. The van der Waals surface area contributed by atoms with Gasteiger partial charge in [0, 0.05) is 24.0 Å². The molecule has 0 spiro atoms. The summed E-state index contributed by atoms with van der Waals surface area (Å²) < 4.78 is 33.1. The largest absolute Gasteiger partial charge is 0.459 e. The number of hydrogen-bond acceptors (Lipinski definition) is 5. The molecular formula is C16H17Cl2N3O3S. The fraction of sp³-hybridized carbons (Fsp3) is 0.375. The third-order valence-electron chi connectivity index (χ3n) is 3.99. The summed E-state index contributed by atoms with van der Waals surface area (Å²) in [6.07, 6.45) is 4.27. The van der Waals surface area contributed by atoms with E-state index in [0.717, 1.165) is 6.42 Å². The summed E-state index contributed by atoms with van der Waals surface area (Å²) in [4.78, 5) is 8.10. The lowest BCUT2D eigenvalue weighted by Gasteiger charge is -2.31. The van der Waals surface area contributed by atoms with E-state index in [1.807, 2.05) is 0 Å². The van der Waals surface area contributed by atoms with Gasteiger partial charge in [-0.2, -0.15) is 4.31 Å². The van der Waals surface area contributed by atoms with Crippen molar-refractivity contribution in [2.24, 2.45) is 0 Å². The molecule has 134 valence electrons. The number of halogens is 2. The zero-order valence-corrected chi connectivity index (χ0v) is 15.9. The first-order valence-corrected chi connectivity index (χ1v) is 9.97. The topological polar surface area (TPSA) is 72.4 Å². The summed E-state index contributed by atoms with van der Waals surface area (Å²) in [6.45, 7) is 2.38. The Hall–Kier alpha value is -1.41. The van der Waals surface area contributed by atoms with E-state index in [1.165, 1.54) is 16.4 Å². The number of sulfonamides is 1. The summed E-state index contributed by atoms with van der Waals surface area (Å²) >= 11 is 12.1. The molecule has 1 aliphatic rings. The lowest BCUT2D eigenvalue weighted by Crippen LogP contribution is -2.44. The van der Waals surface area contributed by atoms with Crippen LogP contribution in [0.5, 0.6) is 6.01 Å². The van der Waals surface area contributed by atoms with Crippen LogP contribution < -0.4 is 4.74 Å². The van der Waals surface area contributed by atoms with Crippen molar-refractivity contribution in [1.29, 1.82) is 0 Å². The van der Waals surface area contributed by atoms with Crippen LogP contribution in [0.3, 0.4) is 0 Å². The van der Waals surface area contributed by atoms with Crippen molar-refractivity contribution in [2.45, 2.75) is 30.8 Å². The minimum absolute atomic E-state index is 0.0627. The highest BCUT2D eigenvalue weighted by atomic mass is 35.5. The molecule has 25 heavy (non-hydrogen) atoms. The molecule has 0 amide bonds. The van der Waals surface area contributed by atoms with Gasteiger partial charge in [-0.3, -0.25) is 0 Å². The first-order chi connectivity index (χ1) is 11.9. The van der Waals surface area contributed by atoms with Crippen LogP contribution in [0.4, 0.5) is 0 Å². The number of aromatic nitrogens is 2. The Bertz CT molecular complexity index is 862. The third-order valence-corrected chi connectivity index (χ3v) is 6.72. The molecule has 1 atom stereocenters. The first-order valence-electron chi connectivity index (χ1n) is 7.77. The second-order valence-corrected chi connectivity index (χ2v) is 8.53. The van der Waals surface area contributed by atoms with Crippen molar-refractivity contribution in [3.8, 4) is 6.01 Å². The standard InChI is InChI=1S/C16H17Cl2N3O3S/c1-11-8-15(14(18)9-13(11)17)25(22,23)21-7-2-4-12(10-21)24-16-19-5-3-6-20-16/h3,5-6,8-9,12H,2,4,7,10H2,1H3. The molecule has 0 aliphatic carbocycles. The number of piperidine rings is 1. The Morgan fingerprint density at radius 2 is 1.92 bits per heavy atom. The van der Waals surface area contributed by atoms with Crippen molar-refractivity contribution in [1.82, 2.24) is 14.3 Å². The lowest BCUT2D eigenvalue weighted by molar-refractivity contribution is 0.119. The molecule has 3 rings (SSSR count). The highest BCUT2D eigenvalue weighted by Crippen LogP contribution is 2.31. The molecule has 1 aromatic carbocycles. The zero-order valence-electron chi connectivity index (χ0n) is 13.5. The number of ether oxygens (including phenoxy) is 1. The minimum Gasteiger partial charge on any atom is -0.459 e. The maximum absolute atomic E-state index is 13.0. The van der Waals surface area contributed by atoms with Crippen molar-refractivity contribution < 1.29 is 13.2 Å². The van der Waals surface area contributed by atoms with Gasteiger partial charge in [0.05, 0.1) is 11.6 Å². The summed E-state index contributed by atoms with van der Waals surface area (Å²) in [5, 5.41) is 0.551. The van der Waals surface area contributed by atoms with Gasteiger partial charge in [-0.25, -0.2) is 18.4 Å². The fourth-order valence-corrected chi connectivity index (χ4v) is 5.00. The van der Waals surface area contributed by atoms with E-state index in [9.17, 15) is 8.42 Å². The molecule has 6 nitrogen and oxygen atoms in total. The van der Waals surface area contributed by atoms with Crippen LogP contribution in [0, 0.1) is 6.92 Å². The number of rotatable bonds is 4. The maximum Gasteiger partial charge on any atom is 0.316 e. The molecular weight excluding hydrogens is 385 g/mol. The Morgan fingerprint density at radius 3 is 2.64 bits per heavy atom. The molecule has 9 heteroatoms. The van der Waals surface area contributed by atoms with E-state index in [1.54, 1.807) is 25.4 Å². The van der Waals surface area contributed by atoms with Gasteiger partial charge >= 0.3 is 6.01 Å². The first kappa shape index (κ1) is 18.4. The van der Waals surface area contributed by atoms with E-state index in [2.05, 4.69) is 9.97 Å².